The molecular weight excluding hydrogens is 192 g/mol. The van der Waals surface area contributed by atoms with E-state index in [1.165, 1.54) is 18.7 Å². The van der Waals surface area contributed by atoms with Crippen LogP contribution in [0.25, 0.3) is 0 Å². The summed E-state index contributed by atoms with van der Waals surface area (Å²) in [6.45, 7) is 1.94. The van der Waals surface area contributed by atoms with Gasteiger partial charge in [-0.15, -0.1) is 0 Å². The molecule has 82 valence electrons. The molecule has 0 aliphatic carbocycles. The largest absolute Gasteiger partial charge is 0.472 e. The van der Waals surface area contributed by atoms with Crippen molar-refractivity contribution in [3.63, 3.8) is 0 Å². The Morgan fingerprint density at radius 1 is 1.60 bits per heavy atom. The van der Waals surface area contributed by atoms with E-state index in [1.807, 2.05) is 13.0 Å². The number of carbonyl (C=O) groups excluding carboxylic acids is 1. The van der Waals surface area contributed by atoms with Crippen molar-refractivity contribution in [2.45, 2.75) is 26.2 Å². The van der Waals surface area contributed by atoms with Crippen LogP contribution in [0.5, 0.6) is 0 Å². The summed E-state index contributed by atoms with van der Waals surface area (Å²) in [6, 6.07) is 1.96. The van der Waals surface area contributed by atoms with Crippen molar-refractivity contribution in [3.05, 3.63) is 35.8 Å². The van der Waals surface area contributed by atoms with Crippen molar-refractivity contribution in [3.8, 4) is 0 Å². The second-order valence-corrected chi connectivity index (χ2v) is 3.50. The molecule has 0 aliphatic heterocycles. The Hall–Kier alpha value is -1.51. The molecule has 0 aromatic carbocycles. The van der Waals surface area contributed by atoms with Crippen LogP contribution in [0, 0.1) is 0 Å². The van der Waals surface area contributed by atoms with E-state index in [9.17, 15) is 4.79 Å². The molecule has 0 spiro atoms. The fraction of sp³-hybridized carbons (Fsp3) is 0.417. The van der Waals surface area contributed by atoms with Crippen molar-refractivity contribution in [1.29, 1.82) is 0 Å². The number of hydrogen-bond acceptors (Lipinski definition) is 3. The summed E-state index contributed by atoms with van der Waals surface area (Å²) in [5, 5.41) is 0. The summed E-state index contributed by atoms with van der Waals surface area (Å²) in [5.74, 6) is -0.282. The van der Waals surface area contributed by atoms with Gasteiger partial charge in [-0.25, -0.2) is 4.79 Å². The third-order valence-corrected chi connectivity index (χ3v) is 2.18. The van der Waals surface area contributed by atoms with Gasteiger partial charge in [-0.05, 0) is 37.8 Å². The van der Waals surface area contributed by atoms with Crippen molar-refractivity contribution in [2.75, 3.05) is 7.11 Å². The van der Waals surface area contributed by atoms with Crippen LogP contribution in [0.3, 0.4) is 0 Å². The molecule has 1 aromatic heterocycles. The number of allylic oxidation sites excluding steroid dienone is 1. The summed E-state index contributed by atoms with van der Waals surface area (Å²) < 4.78 is 9.51. The van der Waals surface area contributed by atoms with Crippen molar-refractivity contribution >= 4 is 5.97 Å². The molecule has 1 rings (SSSR count). The van der Waals surface area contributed by atoms with Gasteiger partial charge in [-0.1, -0.05) is 5.57 Å². The topological polar surface area (TPSA) is 39.4 Å². The average molecular weight is 208 g/mol. The molecule has 0 amide bonds. The summed E-state index contributed by atoms with van der Waals surface area (Å²) >= 11 is 0. The summed E-state index contributed by atoms with van der Waals surface area (Å²) in [5.41, 5.74) is 2.24. The fourth-order valence-corrected chi connectivity index (χ4v) is 1.34. The first-order valence-electron chi connectivity index (χ1n) is 4.98. The normalized spacial score (nSPS) is 11.5. The number of furan rings is 1. The second-order valence-electron chi connectivity index (χ2n) is 3.50. The zero-order chi connectivity index (χ0) is 11.1. The van der Waals surface area contributed by atoms with E-state index in [4.69, 9.17) is 4.42 Å². The summed E-state index contributed by atoms with van der Waals surface area (Å²) in [4.78, 5) is 10.9. The highest BCUT2D eigenvalue weighted by atomic mass is 16.5. The standard InChI is InChI=1S/C12H16O3/c1-10(8-12(13)14-2)4-3-5-11-6-7-15-9-11/h6-9H,3-5H2,1-2H3. The van der Waals surface area contributed by atoms with E-state index >= 15 is 0 Å². The van der Waals surface area contributed by atoms with Crippen LogP contribution in [0.15, 0.2) is 34.7 Å². The van der Waals surface area contributed by atoms with Gasteiger partial charge in [-0.3, -0.25) is 0 Å². The average Bonchev–Trinajstić information content (AvgIpc) is 2.70. The molecule has 0 bridgehead atoms. The first-order chi connectivity index (χ1) is 7.22. The number of methoxy groups -OCH3 is 1. The van der Waals surface area contributed by atoms with Gasteiger partial charge in [0.05, 0.1) is 19.6 Å². The molecule has 0 saturated carbocycles. The molecule has 0 fully saturated rings. The molecule has 0 radical (unpaired) electrons. The van der Waals surface area contributed by atoms with E-state index in [0.717, 1.165) is 24.8 Å². The Bertz CT molecular complexity index is 323. The number of hydrogen-bond donors (Lipinski definition) is 0. The third kappa shape index (κ3) is 4.49. The molecule has 1 heterocycles. The molecule has 0 N–H and O–H groups in total. The Labute approximate surface area is 89.7 Å². The zero-order valence-corrected chi connectivity index (χ0v) is 9.16. The molecule has 0 saturated heterocycles. The Morgan fingerprint density at radius 3 is 3.00 bits per heavy atom. The van der Waals surface area contributed by atoms with Gasteiger partial charge in [0.1, 0.15) is 0 Å². The van der Waals surface area contributed by atoms with Crippen LogP contribution in [0.4, 0.5) is 0 Å². The second kappa shape index (κ2) is 6.06. The number of esters is 1. The predicted molar refractivity (Wildman–Crippen MR) is 57.4 cm³/mol. The number of ether oxygens (including phenoxy) is 1. The van der Waals surface area contributed by atoms with Gasteiger partial charge in [0, 0.05) is 6.08 Å². The molecule has 3 nitrogen and oxygen atoms in total. The van der Waals surface area contributed by atoms with E-state index in [0.29, 0.717) is 0 Å². The molecule has 15 heavy (non-hydrogen) atoms. The maximum absolute atomic E-state index is 10.9. The van der Waals surface area contributed by atoms with E-state index < -0.39 is 0 Å². The smallest absolute Gasteiger partial charge is 0.330 e. The van der Waals surface area contributed by atoms with Crippen LogP contribution in [0.2, 0.25) is 0 Å². The highest BCUT2D eigenvalue weighted by Crippen LogP contribution is 2.10. The lowest BCUT2D eigenvalue weighted by Crippen LogP contribution is -1.96. The highest BCUT2D eigenvalue weighted by Gasteiger charge is 1.98. The maximum Gasteiger partial charge on any atom is 0.330 e. The number of aryl methyl sites for hydroxylation is 1. The van der Waals surface area contributed by atoms with Gasteiger partial charge in [-0.2, -0.15) is 0 Å². The van der Waals surface area contributed by atoms with E-state index in [1.54, 1.807) is 12.5 Å². The van der Waals surface area contributed by atoms with Crippen LogP contribution < -0.4 is 0 Å². The van der Waals surface area contributed by atoms with Crippen molar-refractivity contribution in [1.82, 2.24) is 0 Å². The minimum Gasteiger partial charge on any atom is -0.472 e. The number of carbonyl (C=O) groups is 1. The SMILES string of the molecule is COC(=O)C=C(C)CCCc1ccoc1. The maximum atomic E-state index is 10.9. The van der Waals surface area contributed by atoms with Crippen molar-refractivity contribution < 1.29 is 13.9 Å². The van der Waals surface area contributed by atoms with Crippen LogP contribution in [0.1, 0.15) is 25.3 Å². The van der Waals surface area contributed by atoms with Gasteiger partial charge < -0.3 is 9.15 Å². The fourth-order valence-electron chi connectivity index (χ4n) is 1.34. The minimum absolute atomic E-state index is 0.282. The quantitative estimate of drug-likeness (QED) is 0.551. The van der Waals surface area contributed by atoms with Crippen molar-refractivity contribution in [2.24, 2.45) is 0 Å². The number of rotatable bonds is 5. The lowest BCUT2D eigenvalue weighted by atomic mass is 10.1. The molecule has 3 heteroatoms. The van der Waals surface area contributed by atoms with E-state index in [-0.39, 0.29) is 5.97 Å². The molecular formula is C12H16O3. The molecule has 0 unspecified atom stereocenters. The molecule has 0 aliphatic rings. The van der Waals surface area contributed by atoms with Gasteiger partial charge in [0.25, 0.3) is 0 Å². The first kappa shape index (κ1) is 11.6. The van der Waals surface area contributed by atoms with Gasteiger partial charge >= 0.3 is 5.97 Å². The lowest BCUT2D eigenvalue weighted by molar-refractivity contribution is -0.134. The Morgan fingerprint density at radius 2 is 2.40 bits per heavy atom. The predicted octanol–water partition coefficient (Wildman–Crippen LogP) is 2.72. The van der Waals surface area contributed by atoms with E-state index in [2.05, 4.69) is 4.74 Å². The third-order valence-electron chi connectivity index (χ3n) is 2.18. The molecule has 1 aromatic rings. The minimum atomic E-state index is -0.282. The molecule has 0 atom stereocenters. The Balaban J connectivity index is 2.25. The Kier molecular flexibility index (Phi) is 4.68. The van der Waals surface area contributed by atoms with Crippen LogP contribution >= 0.6 is 0 Å². The van der Waals surface area contributed by atoms with Gasteiger partial charge in [0.2, 0.25) is 0 Å². The zero-order valence-electron chi connectivity index (χ0n) is 9.16. The van der Waals surface area contributed by atoms with Crippen LogP contribution in [-0.2, 0) is 16.0 Å². The summed E-state index contributed by atoms with van der Waals surface area (Å²) in [7, 11) is 1.39. The first-order valence-corrected chi connectivity index (χ1v) is 4.98. The monoisotopic (exact) mass is 208 g/mol. The summed E-state index contributed by atoms with van der Waals surface area (Å²) in [6.07, 6.45) is 7.85. The van der Waals surface area contributed by atoms with Gasteiger partial charge in [0.15, 0.2) is 0 Å². The lowest BCUT2D eigenvalue weighted by Gasteiger charge is -1.99. The highest BCUT2D eigenvalue weighted by molar-refractivity contribution is 5.82. The van der Waals surface area contributed by atoms with Crippen LogP contribution in [-0.4, -0.2) is 13.1 Å².